The Hall–Kier alpha value is -2.70. The van der Waals surface area contributed by atoms with E-state index in [0.29, 0.717) is 13.1 Å². The van der Waals surface area contributed by atoms with E-state index in [1.54, 1.807) is 11.3 Å². The van der Waals surface area contributed by atoms with Crippen LogP contribution in [0.15, 0.2) is 48.5 Å². The summed E-state index contributed by atoms with van der Waals surface area (Å²) >= 11 is 1.57. The van der Waals surface area contributed by atoms with E-state index in [9.17, 15) is 9.59 Å². The molecule has 166 valence electrons. The third-order valence-corrected chi connectivity index (χ3v) is 7.66. The minimum Gasteiger partial charge on any atom is -0.349 e. The second-order valence-corrected chi connectivity index (χ2v) is 10.3. The molecule has 3 heterocycles. The molecule has 1 atom stereocenters. The van der Waals surface area contributed by atoms with Gasteiger partial charge in [0.15, 0.2) is 0 Å². The molecule has 32 heavy (non-hydrogen) atoms. The minimum absolute atomic E-state index is 0.00388. The van der Waals surface area contributed by atoms with E-state index in [2.05, 4.69) is 46.6 Å². The molecule has 2 aliphatic heterocycles. The minimum atomic E-state index is -0.00388. The lowest BCUT2D eigenvalue weighted by Gasteiger charge is -2.21. The third-order valence-electron chi connectivity index (χ3n) is 6.47. The van der Waals surface area contributed by atoms with Gasteiger partial charge < -0.3 is 10.2 Å². The Labute approximate surface area is 193 Å². The molecule has 5 rings (SSSR count). The van der Waals surface area contributed by atoms with E-state index in [4.69, 9.17) is 0 Å². The Bertz CT molecular complexity index is 1140. The molecule has 0 saturated carbocycles. The number of hydrogen-bond acceptors (Lipinski definition) is 4. The van der Waals surface area contributed by atoms with Crippen LogP contribution in [-0.2, 0) is 17.9 Å². The van der Waals surface area contributed by atoms with Crippen LogP contribution in [0.25, 0.3) is 10.1 Å². The summed E-state index contributed by atoms with van der Waals surface area (Å²) in [6, 6.07) is 16.8. The second-order valence-electron chi connectivity index (χ2n) is 9.21. The third kappa shape index (κ3) is 4.05. The first-order valence-electron chi connectivity index (χ1n) is 11.4. The largest absolute Gasteiger partial charge is 0.349 e. The van der Waals surface area contributed by atoms with Crippen LogP contribution in [0.2, 0.25) is 0 Å². The molecule has 5 nitrogen and oxygen atoms in total. The smallest absolute Gasteiger partial charge is 0.261 e. The first-order chi connectivity index (χ1) is 15.5. The zero-order valence-electron chi connectivity index (χ0n) is 18.6. The molecule has 1 fully saturated rings. The first kappa shape index (κ1) is 21.2. The van der Waals surface area contributed by atoms with Gasteiger partial charge in [0.1, 0.15) is 0 Å². The number of benzene rings is 2. The van der Waals surface area contributed by atoms with E-state index in [-0.39, 0.29) is 23.8 Å². The van der Waals surface area contributed by atoms with Crippen LogP contribution in [0.5, 0.6) is 0 Å². The van der Waals surface area contributed by atoms with Crippen LogP contribution < -0.4 is 5.32 Å². The van der Waals surface area contributed by atoms with Crippen molar-refractivity contribution >= 4 is 33.2 Å². The van der Waals surface area contributed by atoms with Crippen molar-refractivity contribution in [2.45, 2.75) is 45.3 Å². The summed E-state index contributed by atoms with van der Waals surface area (Å²) in [5.41, 5.74) is 3.77. The number of hydrogen-bond donors (Lipinski definition) is 1. The number of rotatable bonds is 5. The van der Waals surface area contributed by atoms with Crippen molar-refractivity contribution in [3.05, 3.63) is 70.1 Å². The molecule has 0 bridgehead atoms. The van der Waals surface area contributed by atoms with Gasteiger partial charge in [0.25, 0.3) is 5.91 Å². The van der Waals surface area contributed by atoms with Gasteiger partial charge in [0.2, 0.25) is 5.91 Å². The Morgan fingerprint density at radius 1 is 1.06 bits per heavy atom. The normalized spacial score (nSPS) is 18.5. The highest BCUT2D eigenvalue weighted by atomic mass is 32.1. The van der Waals surface area contributed by atoms with Gasteiger partial charge in [-0.3, -0.25) is 14.5 Å². The molecule has 0 aliphatic carbocycles. The SMILES string of the molecule is CC(C)NC(=O)c1sc2ccccc2c1[C@@H]1CCN(C(=O)CN2Cc3ccccc3C2)C1. The molecular weight excluding hydrogens is 418 g/mol. The summed E-state index contributed by atoms with van der Waals surface area (Å²) in [5.74, 6) is 0.377. The Morgan fingerprint density at radius 3 is 2.47 bits per heavy atom. The van der Waals surface area contributed by atoms with Gasteiger partial charge in [-0.25, -0.2) is 0 Å². The van der Waals surface area contributed by atoms with E-state index >= 15 is 0 Å². The molecule has 1 saturated heterocycles. The van der Waals surface area contributed by atoms with Crippen molar-refractivity contribution in [1.82, 2.24) is 15.1 Å². The number of carbonyl (C=O) groups excluding carboxylic acids is 2. The van der Waals surface area contributed by atoms with Gasteiger partial charge in [0.05, 0.1) is 11.4 Å². The van der Waals surface area contributed by atoms with Crippen LogP contribution >= 0.6 is 11.3 Å². The predicted octanol–water partition coefficient (Wildman–Crippen LogP) is 4.37. The Morgan fingerprint density at radius 2 is 1.75 bits per heavy atom. The van der Waals surface area contributed by atoms with E-state index in [1.165, 1.54) is 11.1 Å². The first-order valence-corrected chi connectivity index (χ1v) is 12.2. The van der Waals surface area contributed by atoms with Gasteiger partial charge in [0, 0.05) is 42.8 Å². The van der Waals surface area contributed by atoms with Gasteiger partial charge in [-0.15, -0.1) is 11.3 Å². The van der Waals surface area contributed by atoms with Crippen LogP contribution in [0.4, 0.5) is 0 Å². The molecule has 2 amide bonds. The monoisotopic (exact) mass is 447 g/mol. The van der Waals surface area contributed by atoms with Gasteiger partial charge in [-0.05, 0) is 48.4 Å². The number of amides is 2. The van der Waals surface area contributed by atoms with Gasteiger partial charge >= 0.3 is 0 Å². The fourth-order valence-electron chi connectivity index (χ4n) is 5.00. The van der Waals surface area contributed by atoms with Gasteiger partial charge in [-0.2, -0.15) is 0 Å². The molecule has 3 aromatic rings. The fourth-order valence-corrected chi connectivity index (χ4v) is 6.19. The van der Waals surface area contributed by atoms with Crippen LogP contribution in [0.3, 0.4) is 0 Å². The zero-order valence-corrected chi connectivity index (χ0v) is 19.5. The number of likely N-dealkylation sites (tertiary alicyclic amines) is 1. The summed E-state index contributed by atoms with van der Waals surface area (Å²) in [6.07, 6.45) is 0.897. The van der Waals surface area contributed by atoms with Crippen LogP contribution in [-0.4, -0.2) is 47.3 Å². The van der Waals surface area contributed by atoms with Crippen LogP contribution in [0, 0.1) is 0 Å². The van der Waals surface area contributed by atoms with Crippen molar-refractivity contribution in [3.8, 4) is 0 Å². The zero-order chi connectivity index (χ0) is 22.2. The summed E-state index contributed by atoms with van der Waals surface area (Å²) in [7, 11) is 0. The van der Waals surface area contributed by atoms with Crippen molar-refractivity contribution < 1.29 is 9.59 Å². The highest BCUT2D eigenvalue weighted by Gasteiger charge is 2.33. The fraction of sp³-hybridized carbons (Fsp3) is 0.385. The highest BCUT2D eigenvalue weighted by Crippen LogP contribution is 2.40. The lowest BCUT2D eigenvalue weighted by Crippen LogP contribution is -2.37. The van der Waals surface area contributed by atoms with E-state index in [1.807, 2.05) is 30.9 Å². The molecule has 2 aromatic carbocycles. The average molecular weight is 448 g/mol. The maximum absolute atomic E-state index is 13.1. The molecule has 0 unspecified atom stereocenters. The van der Waals surface area contributed by atoms with Crippen molar-refractivity contribution in [3.63, 3.8) is 0 Å². The highest BCUT2D eigenvalue weighted by molar-refractivity contribution is 7.21. The van der Waals surface area contributed by atoms with E-state index in [0.717, 1.165) is 46.6 Å². The summed E-state index contributed by atoms with van der Waals surface area (Å²) in [4.78, 5) is 31.1. The standard InChI is InChI=1S/C26H29N3O2S/c1-17(2)27-26(31)25-24(21-9-5-6-10-22(21)32-25)20-11-12-29(15-20)23(30)16-28-13-18-7-3-4-8-19(18)14-28/h3-10,17,20H,11-16H2,1-2H3,(H,27,31)/t20-/m1/s1. The molecular formula is C26H29N3O2S. The summed E-state index contributed by atoms with van der Waals surface area (Å²) in [6.45, 7) is 7.53. The number of nitrogens with one attached hydrogen (secondary N) is 1. The summed E-state index contributed by atoms with van der Waals surface area (Å²) in [5, 5.41) is 4.21. The lowest BCUT2D eigenvalue weighted by atomic mass is 9.95. The van der Waals surface area contributed by atoms with Gasteiger partial charge in [-0.1, -0.05) is 42.5 Å². The number of nitrogens with zero attached hydrogens (tertiary/aromatic N) is 2. The second kappa shape index (κ2) is 8.68. The molecule has 0 radical (unpaired) electrons. The molecule has 2 aliphatic rings. The molecule has 6 heteroatoms. The number of fused-ring (bicyclic) bond motifs is 2. The quantitative estimate of drug-likeness (QED) is 0.632. The lowest BCUT2D eigenvalue weighted by molar-refractivity contribution is -0.131. The average Bonchev–Trinajstić information content (AvgIpc) is 3.48. The number of thiophene rings is 1. The Balaban J connectivity index is 1.32. The number of carbonyl (C=O) groups is 2. The molecule has 1 N–H and O–H groups in total. The maximum atomic E-state index is 13.1. The Kier molecular flexibility index (Phi) is 5.74. The molecule has 0 spiro atoms. The maximum Gasteiger partial charge on any atom is 0.261 e. The summed E-state index contributed by atoms with van der Waals surface area (Å²) < 4.78 is 1.14. The van der Waals surface area contributed by atoms with Crippen molar-refractivity contribution in [2.75, 3.05) is 19.6 Å². The molecule has 1 aromatic heterocycles. The van der Waals surface area contributed by atoms with Crippen molar-refractivity contribution in [2.24, 2.45) is 0 Å². The predicted molar refractivity (Wildman–Crippen MR) is 129 cm³/mol. The van der Waals surface area contributed by atoms with E-state index < -0.39 is 0 Å². The van der Waals surface area contributed by atoms with Crippen LogP contribution in [0.1, 0.15) is 52.5 Å². The topological polar surface area (TPSA) is 52.7 Å². The van der Waals surface area contributed by atoms with Crippen molar-refractivity contribution in [1.29, 1.82) is 0 Å².